The minimum atomic E-state index is -3.43. The molecule has 1 aliphatic rings. The first kappa shape index (κ1) is 16.9. The predicted molar refractivity (Wildman–Crippen MR) is 88.7 cm³/mol. The summed E-state index contributed by atoms with van der Waals surface area (Å²) >= 11 is 3.42. The van der Waals surface area contributed by atoms with Crippen LogP contribution in [0, 0.1) is 5.92 Å². The van der Waals surface area contributed by atoms with Gasteiger partial charge in [-0.25, -0.2) is 8.42 Å². The van der Waals surface area contributed by atoms with Crippen molar-refractivity contribution >= 4 is 26.0 Å². The summed E-state index contributed by atoms with van der Waals surface area (Å²) in [6, 6.07) is 5.51. The molecule has 1 heterocycles. The highest BCUT2D eigenvalue weighted by molar-refractivity contribution is 9.10. The van der Waals surface area contributed by atoms with E-state index < -0.39 is 10.0 Å². The molecule has 0 spiro atoms. The number of hydrogen-bond donors (Lipinski definition) is 1. The van der Waals surface area contributed by atoms with Gasteiger partial charge in [0, 0.05) is 23.6 Å². The number of rotatable bonds is 4. The summed E-state index contributed by atoms with van der Waals surface area (Å²) in [5.41, 5.74) is 1.06. The Bertz CT molecular complexity index is 604. The number of hydrogen-bond acceptors (Lipinski definition) is 3. The molecular formula is C15H23BrN2O2S. The van der Waals surface area contributed by atoms with E-state index in [1.54, 1.807) is 10.4 Å². The Morgan fingerprint density at radius 3 is 2.67 bits per heavy atom. The Hall–Kier alpha value is -0.430. The number of benzene rings is 1. The molecule has 1 aromatic rings. The highest BCUT2D eigenvalue weighted by Gasteiger charge is 2.34. The van der Waals surface area contributed by atoms with Gasteiger partial charge in [-0.3, -0.25) is 0 Å². The van der Waals surface area contributed by atoms with Crippen molar-refractivity contribution in [2.75, 3.05) is 13.6 Å². The number of nitrogens with zero attached hydrogens (tertiary/aromatic N) is 1. The third kappa shape index (κ3) is 3.67. The molecule has 2 unspecified atom stereocenters. The van der Waals surface area contributed by atoms with Crippen molar-refractivity contribution in [3.8, 4) is 0 Å². The molecule has 0 aromatic heterocycles. The summed E-state index contributed by atoms with van der Waals surface area (Å²) in [5, 5.41) is 3.06. The maximum absolute atomic E-state index is 12.9. The first-order chi connectivity index (χ1) is 9.86. The third-order valence-electron chi connectivity index (χ3n) is 4.04. The molecule has 0 saturated carbocycles. The van der Waals surface area contributed by atoms with Gasteiger partial charge in [-0.2, -0.15) is 4.31 Å². The van der Waals surface area contributed by atoms with E-state index in [0.717, 1.165) is 24.9 Å². The van der Waals surface area contributed by atoms with Crippen molar-refractivity contribution in [3.63, 3.8) is 0 Å². The second-order valence-electron chi connectivity index (χ2n) is 5.89. The summed E-state index contributed by atoms with van der Waals surface area (Å²) < 4.78 is 28.0. The summed E-state index contributed by atoms with van der Waals surface area (Å²) in [7, 11) is -1.56. The quantitative estimate of drug-likeness (QED) is 0.880. The van der Waals surface area contributed by atoms with E-state index in [1.165, 1.54) is 0 Å². The summed E-state index contributed by atoms with van der Waals surface area (Å²) in [4.78, 5) is 0.365. The Morgan fingerprint density at radius 2 is 2.10 bits per heavy atom. The van der Waals surface area contributed by atoms with Gasteiger partial charge in [-0.15, -0.1) is 0 Å². The Balaban J connectivity index is 2.31. The lowest BCUT2D eigenvalue weighted by molar-refractivity contribution is 0.220. The molecule has 1 N–H and O–H groups in total. The first-order valence-corrected chi connectivity index (χ1v) is 9.54. The SMILES string of the molecule is CNCc1ccc(S(=O)(=O)N2CCC(C)CC2C)c(Br)c1. The predicted octanol–water partition coefficient (Wildman–Crippen LogP) is 2.98. The molecule has 1 saturated heterocycles. The van der Waals surface area contributed by atoms with Crippen molar-refractivity contribution in [2.45, 2.75) is 44.2 Å². The zero-order chi connectivity index (χ0) is 15.6. The molecule has 118 valence electrons. The average molecular weight is 375 g/mol. The van der Waals surface area contributed by atoms with Crippen molar-refractivity contribution < 1.29 is 8.42 Å². The number of piperidine rings is 1. The number of sulfonamides is 1. The van der Waals surface area contributed by atoms with E-state index in [-0.39, 0.29) is 6.04 Å². The van der Waals surface area contributed by atoms with Crippen LogP contribution in [0.1, 0.15) is 32.3 Å². The molecule has 0 amide bonds. The van der Waals surface area contributed by atoms with E-state index in [4.69, 9.17) is 0 Å². The second kappa shape index (κ2) is 6.77. The van der Waals surface area contributed by atoms with Crippen molar-refractivity contribution in [1.29, 1.82) is 0 Å². The Morgan fingerprint density at radius 1 is 1.38 bits per heavy atom. The zero-order valence-corrected chi connectivity index (χ0v) is 15.2. The molecule has 21 heavy (non-hydrogen) atoms. The topological polar surface area (TPSA) is 49.4 Å². The average Bonchev–Trinajstić information content (AvgIpc) is 2.38. The molecular weight excluding hydrogens is 352 g/mol. The van der Waals surface area contributed by atoms with Gasteiger partial charge in [0.15, 0.2) is 0 Å². The number of nitrogens with one attached hydrogen (secondary N) is 1. The van der Waals surface area contributed by atoms with Crippen LogP contribution in [0.25, 0.3) is 0 Å². The summed E-state index contributed by atoms with van der Waals surface area (Å²) in [6.45, 7) is 5.51. The van der Waals surface area contributed by atoms with Crippen LogP contribution >= 0.6 is 15.9 Å². The van der Waals surface area contributed by atoms with Crippen molar-refractivity contribution in [3.05, 3.63) is 28.2 Å². The lowest BCUT2D eigenvalue weighted by Crippen LogP contribution is -2.44. The second-order valence-corrected chi connectivity index (χ2v) is 8.60. The third-order valence-corrected chi connectivity index (χ3v) is 7.03. The molecule has 2 rings (SSSR count). The zero-order valence-electron chi connectivity index (χ0n) is 12.8. The molecule has 1 fully saturated rings. The van der Waals surface area contributed by atoms with E-state index in [1.807, 2.05) is 26.1 Å². The van der Waals surface area contributed by atoms with Crippen LogP contribution in [0.3, 0.4) is 0 Å². The summed E-state index contributed by atoms with van der Waals surface area (Å²) in [5.74, 6) is 0.591. The molecule has 2 atom stereocenters. The fourth-order valence-electron chi connectivity index (χ4n) is 2.94. The monoisotopic (exact) mass is 374 g/mol. The van der Waals surface area contributed by atoms with E-state index in [9.17, 15) is 8.42 Å². The Labute approximate surface area is 136 Å². The molecule has 0 radical (unpaired) electrons. The molecule has 6 heteroatoms. The molecule has 4 nitrogen and oxygen atoms in total. The van der Waals surface area contributed by atoms with Crippen molar-refractivity contribution in [2.24, 2.45) is 5.92 Å². The van der Waals surface area contributed by atoms with Crippen LogP contribution in [0.5, 0.6) is 0 Å². The van der Waals surface area contributed by atoms with Gasteiger partial charge in [0.05, 0.1) is 4.90 Å². The lowest BCUT2D eigenvalue weighted by Gasteiger charge is -2.35. The van der Waals surface area contributed by atoms with Crippen LogP contribution in [0.2, 0.25) is 0 Å². The fraction of sp³-hybridized carbons (Fsp3) is 0.600. The maximum atomic E-state index is 12.9. The van der Waals surface area contributed by atoms with Crippen LogP contribution in [-0.4, -0.2) is 32.4 Å². The van der Waals surface area contributed by atoms with Gasteiger partial charge in [0.25, 0.3) is 0 Å². The standard InChI is InChI=1S/C15H23BrN2O2S/c1-11-6-7-18(12(2)8-11)21(19,20)15-5-4-13(10-17-3)9-14(15)16/h4-5,9,11-12,17H,6-8,10H2,1-3H3. The van der Waals surface area contributed by atoms with E-state index in [2.05, 4.69) is 28.2 Å². The first-order valence-electron chi connectivity index (χ1n) is 7.31. The maximum Gasteiger partial charge on any atom is 0.244 e. The van der Waals surface area contributed by atoms with Crippen LogP contribution in [0.4, 0.5) is 0 Å². The number of halogens is 1. The van der Waals surface area contributed by atoms with Crippen LogP contribution in [-0.2, 0) is 16.6 Å². The van der Waals surface area contributed by atoms with Gasteiger partial charge in [-0.05, 0) is 66.4 Å². The highest BCUT2D eigenvalue weighted by atomic mass is 79.9. The lowest BCUT2D eigenvalue weighted by atomic mass is 9.95. The smallest absolute Gasteiger partial charge is 0.244 e. The minimum Gasteiger partial charge on any atom is -0.316 e. The van der Waals surface area contributed by atoms with Gasteiger partial charge in [-0.1, -0.05) is 13.0 Å². The molecule has 1 aliphatic heterocycles. The van der Waals surface area contributed by atoms with Crippen LogP contribution < -0.4 is 5.32 Å². The van der Waals surface area contributed by atoms with Crippen molar-refractivity contribution in [1.82, 2.24) is 9.62 Å². The van der Waals surface area contributed by atoms with Gasteiger partial charge < -0.3 is 5.32 Å². The fourth-order valence-corrected chi connectivity index (χ4v) is 5.68. The van der Waals surface area contributed by atoms with Gasteiger partial charge in [0.2, 0.25) is 10.0 Å². The van der Waals surface area contributed by atoms with Crippen LogP contribution in [0.15, 0.2) is 27.6 Å². The largest absolute Gasteiger partial charge is 0.316 e. The highest BCUT2D eigenvalue weighted by Crippen LogP contribution is 2.31. The summed E-state index contributed by atoms with van der Waals surface area (Å²) in [6.07, 6.45) is 1.85. The molecule has 0 aliphatic carbocycles. The Kier molecular flexibility index (Phi) is 5.46. The normalized spacial score (nSPS) is 24.2. The van der Waals surface area contributed by atoms with Gasteiger partial charge in [0.1, 0.15) is 0 Å². The van der Waals surface area contributed by atoms with E-state index in [0.29, 0.717) is 21.8 Å². The molecule has 1 aromatic carbocycles. The van der Waals surface area contributed by atoms with Gasteiger partial charge >= 0.3 is 0 Å². The molecule has 0 bridgehead atoms. The minimum absolute atomic E-state index is 0.0580. The van der Waals surface area contributed by atoms with E-state index >= 15 is 0 Å².